The SMILES string of the molecule is CNC(=O)c1ccnc(N2CCC3(CCNCC3)C2)c1.Cl.Cl. The first-order valence-electron chi connectivity index (χ1n) is 7.36. The summed E-state index contributed by atoms with van der Waals surface area (Å²) >= 11 is 0. The van der Waals surface area contributed by atoms with Crippen LogP contribution >= 0.6 is 24.8 Å². The molecule has 22 heavy (non-hydrogen) atoms. The molecule has 1 amide bonds. The standard InChI is InChI=1S/C15H22N4O.2ClH/c1-16-14(20)12-2-6-18-13(10-12)19-9-5-15(11-19)3-7-17-8-4-15;;/h2,6,10,17H,3-5,7-9,11H2,1H3,(H,16,20);2*1H. The van der Waals surface area contributed by atoms with E-state index in [-0.39, 0.29) is 30.7 Å². The lowest BCUT2D eigenvalue weighted by Gasteiger charge is -2.33. The predicted molar refractivity (Wildman–Crippen MR) is 93.5 cm³/mol. The third-order valence-corrected chi connectivity index (χ3v) is 4.66. The van der Waals surface area contributed by atoms with Crippen LogP contribution in [0.15, 0.2) is 18.3 Å². The second kappa shape index (κ2) is 7.99. The van der Waals surface area contributed by atoms with E-state index in [0.29, 0.717) is 11.0 Å². The number of hydrogen-bond acceptors (Lipinski definition) is 4. The van der Waals surface area contributed by atoms with Crippen LogP contribution in [-0.4, -0.2) is 44.1 Å². The third-order valence-electron chi connectivity index (χ3n) is 4.66. The highest BCUT2D eigenvalue weighted by molar-refractivity contribution is 5.94. The van der Waals surface area contributed by atoms with E-state index in [1.807, 2.05) is 6.07 Å². The number of amides is 1. The second-order valence-electron chi connectivity index (χ2n) is 5.90. The molecule has 0 radical (unpaired) electrons. The molecule has 0 atom stereocenters. The van der Waals surface area contributed by atoms with Crippen molar-refractivity contribution in [2.45, 2.75) is 19.3 Å². The van der Waals surface area contributed by atoms with Crippen molar-refractivity contribution >= 4 is 36.5 Å². The van der Waals surface area contributed by atoms with Gasteiger partial charge in [0.1, 0.15) is 5.82 Å². The van der Waals surface area contributed by atoms with Crippen molar-refractivity contribution in [3.05, 3.63) is 23.9 Å². The zero-order valence-corrected chi connectivity index (χ0v) is 14.4. The fraction of sp³-hybridized carbons (Fsp3) is 0.600. The normalized spacial score (nSPS) is 19.2. The Morgan fingerprint density at radius 3 is 2.73 bits per heavy atom. The summed E-state index contributed by atoms with van der Waals surface area (Å²) in [5.74, 6) is 0.880. The van der Waals surface area contributed by atoms with Gasteiger partial charge in [-0.1, -0.05) is 0 Å². The number of aromatic nitrogens is 1. The molecule has 0 bridgehead atoms. The van der Waals surface area contributed by atoms with Gasteiger partial charge in [0.15, 0.2) is 0 Å². The first-order valence-corrected chi connectivity index (χ1v) is 7.36. The predicted octanol–water partition coefficient (Wildman–Crippen LogP) is 1.86. The molecule has 3 heterocycles. The monoisotopic (exact) mass is 346 g/mol. The first-order chi connectivity index (χ1) is 9.72. The number of carbonyl (C=O) groups excluding carboxylic acids is 1. The minimum Gasteiger partial charge on any atom is -0.356 e. The van der Waals surface area contributed by atoms with Crippen molar-refractivity contribution in [2.75, 3.05) is 38.1 Å². The number of piperidine rings is 1. The van der Waals surface area contributed by atoms with Gasteiger partial charge in [-0.3, -0.25) is 4.79 Å². The van der Waals surface area contributed by atoms with Crippen molar-refractivity contribution in [2.24, 2.45) is 5.41 Å². The zero-order chi connectivity index (χ0) is 14.0. The summed E-state index contributed by atoms with van der Waals surface area (Å²) in [6.45, 7) is 4.36. The molecule has 1 aromatic heterocycles. The number of hydrogen-bond donors (Lipinski definition) is 2. The van der Waals surface area contributed by atoms with Crippen LogP contribution in [-0.2, 0) is 0 Å². The highest BCUT2D eigenvalue weighted by Crippen LogP contribution is 2.39. The summed E-state index contributed by atoms with van der Waals surface area (Å²) in [6, 6.07) is 3.66. The summed E-state index contributed by atoms with van der Waals surface area (Å²) in [4.78, 5) is 18.5. The van der Waals surface area contributed by atoms with Crippen molar-refractivity contribution in [1.82, 2.24) is 15.6 Å². The molecule has 0 aliphatic carbocycles. The average Bonchev–Trinajstić information content (AvgIpc) is 2.91. The van der Waals surface area contributed by atoms with Gasteiger partial charge in [0, 0.05) is 31.9 Å². The number of pyridine rings is 1. The molecule has 2 aliphatic rings. The van der Waals surface area contributed by atoms with Gasteiger partial charge >= 0.3 is 0 Å². The Hall–Kier alpha value is -1.04. The maximum absolute atomic E-state index is 11.7. The Morgan fingerprint density at radius 1 is 1.32 bits per heavy atom. The lowest BCUT2D eigenvalue weighted by molar-refractivity contribution is 0.0963. The largest absolute Gasteiger partial charge is 0.356 e. The molecule has 5 nitrogen and oxygen atoms in total. The van der Waals surface area contributed by atoms with Crippen molar-refractivity contribution in [1.29, 1.82) is 0 Å². The maximum Gasteiger partial charge on any atom is 0.251 e. The molecule has 0 saturated carbocycles. The minimum atomic E-state index is -0.0515. The van der Waals surface area contributed by atoms with Gasteiger partial charge in [-0.25, -0.2) is 4.98 Å². The van der Waals surface area contributed by atoms with E-state index in [9.17, 15) is 4.79 Å². The van der Waals surface area contributed by atoms with Gasteiger partial charge < -0.3 is 15.5 Å². The number of nitrogens with zero attached hydrogens (tertiary/aromatic N) is 2. The third kappa shape index (κ3) is 3.83. The molecular formula is C15H24Cl2N4O. The Bertz CT molecular complexity index is 506. The lowest BCUT2D eigenvalue weighted by Crippen LogP contribution is -2.38. The van der Waals surface area contributed by atoms with E-state index >= 15 is 0 Å². The molecule has 0 aromatic carbocycles. The van der Waals surface area contributed by atoms with Crippen LogP contribution in [0.5, 0.6) is 0 Å². The van der Waals surface area contributed by atoms with Crippen LogP contribution in [0.25, 0.3) is 0 Å². The van der Waals surface area contributed by atoms with Gasteiger partial charge in [0.25, 0.3) is 5.91 Å². The van der Waals surface area contributed by atoms with Crippen LogP contribution in [0.3, 0.4) is 0 Å². The topological polar surface area (TPSA) is 57.3 Å². The Kier molecular flexibility index (Phi) is 6.91. The molecule has 1 spiro atoms. The van der Waals surface area contributed by atoms with Crippen molar-refractivity contribution in [3.63, 3.8) is 0 Å². The molecule has 2 aliphatic heterocycles. The van der Waals surface area contributed by atoms with Crippen molar-refractivity contribution in [3.8, 4) is 0 Å². The molecule has 0 unspecified atom stereocenters. The fourth-order valence-corrected chi connectivity index (χ4v) is 3.37. The van der Waals surface area contributed by atoms with Crippen LogP contribution in [0.1, 0.15) is 29.6 Å². The number of carbonyl (C=O) groups is 1. The van der Waals surface area contributed by atoms with Gasteiger partial charge in [0.2, 0.25) is 0 Å². The first kappa shape index (κ1) is 19.0. The quantitative estimate of drug-likeness (QED) is 0.858. The van der Waals surface area contributed by atoms with Gasteiger partial charge in [-0.05, 0) is 49.9 Å². The van der Waals surface area contributed by atoms with E-state index in [1.165, 1.54) is 19.3 Å². The van der Waals surface area contributed by atoms with E-state index in [0.717, 1.165) is 32.0 Å². The molecule has 3 rings (SSSR count). The van der Waals surface area contributed by atoms with Gasteiger partial charge in [-0.2, -0.15) is 0 Å². The van der Waals surface area contributed by atoms with E-state index in [1.54, 1.807) is 19.3 Å². The van der Waals surface area contributed by atoms with E-state index < -0.39 is 0 Å². The molecule has 2 fully saturated rings. The Labute approximate surface area is 144 Å². The molecule has 1 aromatic rings. The molecule has 2 N–H and O–H groups in total. The average molecular weight is 347 g/mol. The summed E-state index contributed by atoms with van der Waals surface area (Å²) in [7, 11) is 1.66. The molecular weight excluding hydrogens is 323 g/mol. The molecule has 124 valence electrons. The smallest absolute Gasteiger partial charge is 0.251 e. The Balaban J connectivity index is 0.00000121. The summed E-state index contributed by atoms with van der Waals surface area (Å²) in [5.41, 5.74) is 1.14. The van der Waals surface area contributed by atoms with Crippen LogP contribution in [0.2, 0.25) is 0 Å². The number of nitrogens with one attached hydrogen (secondary N) is 2. The summed E-state index contributed by atoms with van der Waals surface area (Å²) in [5, 5.41) is 6.10. The number of halogens is 2. The lowest BCUT2D eigenvalue weighted by atomic mass is 9.78. The van der Waals surface area contributed by atoms with Crippen LogP contribution < -0.4 is 15.5 Å². The van der Waals surface area contributed by atoms with E-state index in [4.69, 9.17) is 0 Å². The van der Waals surface area contributed by atoms with Crippen molar-refractivity contribution < 1.29 is 4.79 Å². The van der Waals surface area contributed by atoms with Crippen LogP contribution in [0, 0.1) is 5.41 Å². The minimum absolute atomic E-state index is 0. The Morgan fingerprint density at radius 2 is 2.05 bits per heavy atom. The molecule has 2 saturated heterocycles. The number of rotatable bonds is 2. The van der Waals surface area contributed by atoms with Gasteiger partial charge in [0.05, 0.1) is 0 Å². The van der Waals surface area contributed by atoms with Gasteiger partial charge in [-0.15, -0.1) is 24.8 Å². The number of anilines is 1. The fourth-order valence-electron chi connectivity index (χ4n) is 3.37. The highest BCUT2D eigenvalue weighted by Gasteiger charge is 2.39. The summed E-state index contributed by atoms with van der Waals surface area (Å²) < 4.78 is 0. The zero-order valence-electron chi connectivity index (χ0n) is 12.8. The highest BCUT2D eigenvalue weighted by atomic mass is 35.5. The second-order valence-corrected chi connectivity index (χ2v) is 5.90. The maximum atomic E-state index is 11.7. The van der Waals surface area contributed by atoms with Crippen LogP contribution in [0.4, 0.5) is 5.82 Å². The summed E-state index contributed by atoms with van der Waals surface area (Å²) in [6.07, 6.45) is 5.46. The molecule has 7 heteroatoms. The van der Waals surface area contributed by atoms with E-state index in [2.05, 4.69) is 20.5 Å².